The van der Waals surface area contributed by atoms with Crippen LogP contribution in [-0.4, -0.2) is 36.0 Å². The zero-order valence-corrected chi connectivity index (χ0v) is 14.1. The van der Waals surface area contributed by atoms with E-state index < -0.39 is 0 Å². The summed E-state index contributed by atoms with van der Waals surface area (Å²) in [4.78, 5) is 0. The van der Waals surface area contributed by atoms with Gasteiger partial charge in [0.15, 0.2) is 0 Å². The highest BCUT2D eigenvalue weighted by atomic mass is 16.5. The minimum atomic E-state index is -0.175. The number of hydrogen-bond acceptors (Lipinski definition) is 3. The number of rotatable bonds is 8. The van der Waals surface area contributed by atoms with Crippen LogP contribution in [0.5, 0.6) is 0 Å². The van der Waals surface area contributed by atoms with Crippen LogP contribution in [0.15, 0.2) is 0 Å². The van der Waals surface area contributed by atoms with Crippen molar-refractivity contribution < 1.29 is 9.84 Å². The molecule has 0 aromatic rings. The third-order valence-corrected chi connectivity index (χ3v) is 4.76. The second-order valence-corrected chi connectivity index (χ2v) is 7.38. The van der Waals surface area contributed by atoms with Gasteiger partial charge in [-0.25, -0.2) is 0 Å². The molecule has 4 atom stereocenters. The molecule has 120 valence electrons. The fourth-order valence-electron chi connectivity index (χ4n) is 3.26. The molecule has 3 heteroatoms. The summed E-state index contributed by atoms with van der Waals surface area (Å²) in [7, 11) is 0. The van der Waals surface area contributed by atoms with Crippen molar-refractivity contribution in [1.29, 1.82) is 0 Å². The summed E-state index contributed by atoms with van der Waals surface area (Å²) in [6.45, 7) is 12.0. The molecule has 1 aliphatic rings. The van der Waals surface area contributed by atoms with E-state index in [0.29, 0.717) is 12.1 Å². The van der Waals surface area contributed by atoms with Crippen LogP contribution in [-0.2, 0) is 4.74 Å². The SMILES string of the molecule is CC(C)NC(C)(CO)CCCOC1CCC(C)C(C)C1. The van der Waals surface area contributed by atoms with Crippen LogP contribution < -0.4 is 5.32 Å². The highest BCUT2D eigenvalue weighted by Crippen LogP contribution is 2.31. The first-order valence-corrected chi connectivity index (χ1v) is 8.36. The molecule has 20 heavy (non-hydrogen) atoms. The van der Waals surface area contributed by atoms with E-state index in [1.807, 2.05) is 0 Å². The number of aliphatic hydroxyl groups excluding tert-OH is 1. The van der Waals surface area contributed by atoms with Gasteiger partial charge in [-0.3, -0.25) is 0 Å². The lowest BCUT2D eigenvalue weighted by molar-refractivity contribution is -0.00214. The average molecular weight is 285 g/mol. The Balaban J connectivity index is 2.20. The fourth-order valence-corrected chi connectivity index (χ4v) is 3.26. The summed E-state index contributed by atoms with van der Waals surface area (Å²) in [5.74, 6) is 1.64. The van der Waals surface area contributed by atoms with E-state index in [4.69, 9.17) is 4.74 Å². The van der Waals surface area contributed by atoms with Crippen LogP contribution >= 0.6 is 0 Å². The lowest BCUT2D eigenvalue weighted by atomic mass is 9.80. The Morgan fingerprint density at radius 3 is 2.50 bits per heavy atom. The lowest BCUT2D eigenvalue weighted by Crippen LogP contribution is -2.49. The molecule has 4 unspecified atom stereocenters. The van der Waals surface area contributed by atoms with Crippen molar-refractivity contribution >= 4 is 0 Å². The van der Waals surface area contributed by atoms with Gasteiger partial charge in [-0.2, -0.15) is 0 Å². The van der Waals surface area contributed by atoms with Gasteiger partial charge >= 0.3 is 0 Å². The summed E-state index contributed by atoms with van der Waals surface area (Å²) < 4.78 is 6.04. The lowest BCUT2D eigenvalue weighted by Gasteiger charge is -2.33. The molecule has 0 aromatic carbocycles. The van der Waals surface area contributed by atoms with E-state index >= 15 is 0 Å². The summed E-state index contributed by atoms with van der Waals surface area (Å²) in [6, 6.07) is 0.397. The van der Waals surface area contributed by atoms with E-state index in [-0.39, 0.29) is 12.1 Å². The van der Waals surface area contributed by atoms with E-state index in [9.17, 15) is 5.11 Å². The molecule has 0 amide bonds. The van der Waals surface area contributed by atoms with Gasteiger partial charge in [0.1, 0.15) is 0 Å². The molecule has 0 aromatic heterocycles. The number of hydrogen-bond donors (Lipinski definition) is 2. The first-order chi connectivity index (χ1) is 9.36. The van der Waals surface area contributed by atoms with Crippen molar-refractivity contribution in [2.75, 3.05) is 13.2 Å². The monoisotopic (exact) mass is 285 g/mol. The Bertz CT molecular complexity index is 270. The molecular weight excluding hydrogens is 250 g/mol. The maximum atomic E-state index is 9.54. The van der Waals surface area contributed by atoms with E-state index in [2.05, 4.69) is 39.9 Å². The van der Waals surface area contributed by atoms with Crippen LogP contribution in [0.3, 0.4) is 0 Å². The Kier molecular flexibility index (Phi) is 7.49. The number of ether oxygens (including phenoxy) is 1. The molecule has 0 aliphatic heterocycles. The highest BCUT2D eigenvalue weighted by Gasteiger charge is 2.26. The quantitative estimate of drug-likeness (QED) is 0.672. The van der Waals surface area contributed by atoms with Crippen molar-refractivity contribution in [3.05, 3.63) is 0 Å². The molecule has 0 bridgehead atoms. The van der Waals surface area contributed by atoms with Crippen molar-refractivity contribution in [3.8, 4) is 0 Å². The molecule has 3 nitrogen and oxygen atoms in total. The van der Waals surface area contributed by atoms with Crippen molar-refractivity contribution in [3.63, 3.8) is 0 Å². The maximum absolute atomic E-state index is 9.54. The fraction of sp³-hybridized carbons (Fsp3) is 1.00. The van der Waals surface area contributed by atoms with Gasteiger partial charge in [-0.15, -0.1) is 0 Å². The molecule has 1 fully saturated rings. The minimum Gasteiger partial charge on any atom is -0.394 e. The first kappa shape index (κ1) is 17.9. The number of aliphatic hydroxyl groups is 1. The van der Waals surface area contributed by atoms with Gasteiger partial charge in [-0.1, -0.05) is 27.7 Å². The molecule has 0 heterocycles. The molecule has 0 spiro atoms. The zero-order chi connectivity index (χ0) is 15.2. The smallest absolute Gasteiger partial charge is 0.0610 e. The topological polar surface area (TPSA) is 41.5 Å². The van der Waals surface area contributed by atoms with Gasteiger partial charge in [0.25, 0.3) is 0 Å². The molecule has 0 saturated heterocycles. The van der Waals surface area contributed by atoms with Gasteiger partial charge in [-0.05, 0) is 50.9 Å². The van der Waals surface area contributed by atoms with E-state index in [1.165, 1.54) is 19.3 Å². The molecular formula is C17H35NO2. The third-order valence-electron chi connectivity index (χ3n) is 4.76. The van der Waals surface area contributed by atoms with Crippen LogP contribution in [0, 0.1) is 11.8 Å². The second-order valence-electron chi connectivity index (χ2n) is 7.38. The first-order valence-electron chi connectivity index (χ1n) is 8.36. The predicted octanol–water partition coefficient (Wildman–Crippen LogP) is 3.36. The van der Waals surface area contributed by atoms with Gasteiger partial charge < -0.3 is 15.2 Å². The second kappa shape index (κ2) is 8.35. The summed E-state index contributed by atoms with van der Waals surface area (Å²) in [6.07, 6.45) is 6.15. The Hall–Kier alpha value is -0.120. The number of nitrogens with one attached hydrogen (secondary N) is 1. The molecule has 1 rings (SSSR count). The maximum Gasteiger partial charge on any atom is 0.0610 e. The molecule has 0 radical (unpaired) electrons. The van der Waals surface area contributed by atoms with E-state index in [0.717, 1.165) is 31.3 Å². The van der Waals surface area contributed by atoms with E-state index in [1.54, 1.807) is 0 Å². The van der Waals surface area contributed by atoms with Crippen molar-refractivity contribution in [1.82, 2.24) is 5.32 Å². The zero-order valence-electron chi connectivity index (χ0n) is 14.1. The average Bonchev–Trinajstić information content (AvgIpc) is 2.38. The minimum absolute atomic E-state index is 0.175. The molecule has 1 aliphatic carbocycles. The Morgan fingerprint density at radius 2 is 1.95 bits per heavy atom. The van der Waals surface area contributed by atoms with Crippen LogP contribution in [0.2, 0.25) is 0 Å². The summed E-state index contributed by atoms with van der Waals surface area (Å²) in [5.41, 5.74) is -0.175. The van der Waals surface area contributed by atoms with Crippen molar-refractivity contribution in [2.45, 2.75) is 84.4 Å². The molecule has 1 saturated carbocycles. The Morgan fingerprint density at radius 1 is 1.25 bits per heavy atom. The normalized spacial score (nSPS) is 30.4. The Labute approximate surface area is 125 Å². The van der Waals surface area contributed by atoms with Crippen LogP contribution in [0.25, 0.3) is 0 Å². The molecule has 2 N–H and O–H groups in total. The van der Waals surface area contributed by atoms with Gasteiger partial charge in [0, 0.05) is 18.2 Å². The largest absolute Gasteiger partial charge is 0.394 e. The van der Waals surface area contributed by atoms with Crippen LogP contribution in [0.1, 0.15) is 66.7 Å². The standard InChI is InChI=1S/C17H35NO2/c1-13(2)18-17(5,12-19)9-6-10-20-16-8-7-14(3)15(4)11-16/h13-16,18-19H,6-12H2,1-5H3. The summed E-state index contributed by atoms with van der Waals surface area (Å²) in [5, 5.41) is 13.0. The van der Waals surface area contributed by atoms with Crippen LogP contribution in [0.4, 0.5) is 0 Å². The summed E-state index contributed by atoms with van der Waals surface area (Å²) >= 11 is 0. The van der Waals surface area contributed by atoms with Gasteiger partial charge in [0.05, 0.1) is 12.7 Å². The highest BCUT2D eigenvalue weighted by molar-refractivity contribution is 4.84. The predicted molar refractivity (Wildman–Crippen MR) is 84.9 cm³/mol. The van der Waals surface area contributed by atoms with Crippen molar-refractivity contribution in [2.24, 2.45) is 11.8 Å². The third kappa shape index (κ3) is 6.11. The van der Waals surface area contributed by atoms with Gasteiger partial charge in [0.2, 0.25) is 0 Å².